The fourth-order valence-corrected chi connectivity index (χ4v) is 3.07. The molecule has 0 bridgehead atoms. The molecule has 0 saturated heterocycles. The SMILES string of the molecule is Clc1ccccc1Cc1cnc(NNc2ncc(Cc3ccccc3Cl)o2)o1. The van der Waals surface area contributed by atoms with Crippen LogP contribution in [0.4, 0.5) is 12.0 Å². The fraction of sp³-hybridized carbons (Fsp3) is 0.100. The van der Waals surface area contributed by atoms with Crippen molar-refractivity contribution in [2.45, 2.75) is 12.8 Å². The van der Waals surface area contributed by atoms with Crippen molar-refractivity contribution in [3.8, 4) is 0 Å². The maximum absolute atomic E-state index is 6.17. The predicted octanol–water partition coefficient (Wildman–Crippen LogP) is 5.59. The molecule has 2 heterocycles. The molecule has 4 aromatic rings. The molecule has 2 N–H and O–H groups in total. The Morgan fingerprint density at radius 2 is 1.11 bits per heavy atom. The Bertz CT molecular complexity index is 992. The summed E-state index contributed by atoms with van der Waals surface area (Å²) in [5.41, 5.74) is 7.59. The fourth-order valence-electron chi connectivity index (χ4n) is 2.66. The summed E-state index contributed by atoms with van der Waals surface area (Å²) < 4.78 is 11.3. The summed E-state index contributed by atoms with van der Waals surface area (Å²) in [6.07, 6.45) is 4.39. The number of hydrogen-bond donors (Lipinski definition) is 2. The Kier molecular flexibility index (Phi) is 5.50. The van der Waals surface area contributed by atoms with Gasteiger partial charge in [-0.25, -0.2) is 20.8 Å². The molecule has 0 fully saturated rings. The van der Waals surface area contributed by atoms with E-state index in [2.05, 4.69) is 20.8 Å². The lowest BCUT2D eigenvalue weighted by Gasteiger charge is -2.02. The zero-order valence-corrected chi connectivity index (χ0v) is 16.2. The van der Waals surface area contributed by atoms with Crippen LogP contribution < -0.4 is 10.9 Å². The van der Waals surface area contributed by atoms with Crippen molar-refractivity contribution in [1.29, 1.82) is 0 Å². The lowest BCUT2D eigenvalue weighted by molar-refractivity contribution is 0.517. The first-order valence-corrected chi connectivity index (χ1v) is 9.31. The summed E-state index contributed by atoms with van der Waals surface area (Å²) in [5, 5.41) is 1.38. The van der Waals surface area contributed by atoms with E-state index >= 15 is 0 Å². The number of nitrogens with one attached hydrogen (secondary N) is 2. The minimum absolute atomic E-state index is 0.299. The van der Waals surface area contributed by atoms with Gasteiger partial charge in [0.25, 0.3) is 0 Å². The van der Waals surface area contributed by atoms with Gasteiger partial charge in [-0.15, -0.1) is 0 Å². The average Bonchev–Trinajstić information content (AvgIpc) is 3.33. The highest BCUT2D eigenvalue weighted by Crippen LogP contribution is 2.22. The highest BCUT2D eigenvalue weighted by molar-refractivity contribution is 6.31. The third-order valence-electron chi connectivity index (χ3n) is 4.03. The van der Waals surface area contributed by atoms with Crippen LogP contribution in [-0.2, 0) is 12.8 Å². The molecule has 0 unspecified atom stereocenters. The van der Waals surface area contributed by atoms with E-state index in [4.69, 9.17) is 32.0 Å². The van der Waals surface area contributed by atoms with Gasteiger partial charge < -0.3 is 8.83 Å². The molecule has 6 nitrogen and oxygen atoms in total. The monoisotopic (exact) mass is 414 g/mol. The van der Waals surface area contributed by atoms with Gasteiger partial charge in [0, 0.05) is 22.9 Å². The topological polar surface area (TPSA) is 76.1 Å². The van der Waals surface area contributed by atoms with Crippen LogP contribution >= 0.6 is 23.2 Å². The van der Waals surface area contributed by atoms with Gasteiger partial charge in [-0.2, -0.15) is 0 Å². The molecule has 2 aromatic heterocycles. The molecule has 28 heavy (non-hydrogen) atoms. The van der Waals surface area contributed by atoms with Crippen molar-refractivity contribution in [2.24, 2.45) is 0 Å². The van der Waals surface area contributed by atoms with Crippen LogP contribution in [0, 0.1) is 0 Å². The number of aromatic nitrogens is 2. The van der Waals surface area contributed by atoms with Crippen molar-refractivity contribution in [3.63, 3.8) is 0 Å². The second-order valence-electron chi connectivity index (χ2n) is 6.05. The van der Waals surface area contributed by atoms with Crippen LogP contribution in [0.15, 0.2) is 69.8 Å². The van der Waals surface area contributed by atoms with Crippen LogP contribution in [-0.4, -0.2) is 9.97 Å². The van der Waals surface area contributed by atoms with Gasteiger partial charge in [-0.1, -0.05) is 59.6 Å². The van der Waals surface area contributed by atoms with Crippen LogP contribution in [0.1, 0.15) is 22.6 Å². The normalized spacial score (nSPS) is 10.8. The van der Waals surface area contributed by atoms with Gasteiger partial charge in [0.05, 0.1) is 12.4 Å². The molecule has 4 rings (SSSR count). The molecular weight excluding hydrogens is 399 g/mol. The molecule has 0 atom stereocenters. The molecule has 8 heteroatoms. The Labute approximate surface area is 171 Å². The molecule has 0 spiro atoms. The minimum atomic E-state index is 0.299. The molecular formula is C20H16Cl2N4O2. The van der Waals surface area contributed by atoms with Gasteiger partial charge in [0.15, 0.2) is 0 Å². The van der Waals surface area contributed by atoms with Crippen LogP contribution in [0.5, 0.6) is 0 Å². The van der Waals surface area contributed by atoms with Gasteiger partial charge in [-0.05, 0) is 23.3 Å². The smallest absolute Gasteiger partial charge is 0.314 e. The van der Waals surface area contributed by atoms with E-state index in [0.29, 0.717) is 46.4 Å². The van der Waals surface area contributed by atoms with Crippen molar-refractivity contribution in [3.05, 3.63) is 93.6 Å². The number of hydrazine groups is 1. The molecule has 0 aliphatic rings. The summed E-state index contributed by atoms with van der Waals surface area (Å²) in [6, 6.07) is 15.8. The summed E-state index contributed by atoms with van der Waals surface area (Å²) >= 11 is 12.3. The third kappa shape index (κ3) is 4.47. The zero-order valence-electron chi connectivity index (χ0n) is 14.7. The van der Waals surface area contributed by atoms with Crippen molar-refractivity contribution < 1.29 is 8.83 Å². The molecule has 142 valence electrons. The van der Waals surface area contributed by atoms with Gasteiger partial charge in [0.2, 0.25) is 0 Å². The third-order valence-corrected chi connectivity index (χ3v) is 4.77. The first-order chi connectivity index (χ1) is 13.7. The number of benzene rings is 2. The number of anilines is 2. The predicted molar refractivity (Wildman–Crippen MR) is 109 cm³/mol. The first kappa shape index (κ1) is 18.4. The maximum Gasteiger partial charge on any atom is 0.314 e. The van der Waals surface area contributed by atoms with E-state index in [1.807, 2.05) is 48.5 Å². The summed E-state index contributed by atoms with van der Waals surface area (Å²) in [5.74, 6) is 1.37. The molecule has 0 aliphatic heterocycles. The van der Waals surface area contributed by atoms with Gasteiger partial charge >= 0.3 is 12.0 Å². The molecule has 0 amide bonds. The van der Waals surface area contributed by atoms with Crippen LogP contribution in [0.25, 0.3) is 0 Å². The van der Waals surface area contributed by atoms with Crippen molar-refractivity contribution in [2.75, 3.05) is 10.9 Å². The van der Waals surface area contributed by atoms with Gasteiger partial charge in [-0.3, -0.25) is 0 Å². The highest BCUT2D eigenvalue weighted by Gasteiger charge is 2.10. The first-order valence-electron chi connectivity index (χ1n) is 8.55. The standard InChI is InChI=1S/C20H16Cl2N4O2/c21-17-7-3-1-5-13(17)9-15-11-23-19(27-15)25-26-20-24-12-16(28-20)10-14-6-2-4-8-18(14)22/h1-8,11-12H,9-10H2,(H,23,25)(H,24,26). The number of hydrogen-bond acceptors (Lipinski definition) is 6. The van der Waals surface area contributed by atoms with E-state index in [0.717, 1.165) is 11.1 Å². The summed E-state index contributed by atoms with van der Waals surface area (Å²) in [6.45, 7) is 0. The maximum atomic E-state index is 6.17. The van der Waals surface area contributed by atoms with Crippen molar-refractivity contribution >= 4 is 35.2 Å². The van der Waals surface area contributed by atoms with Crippen LogP contribution in [0.3, 0.4) is 0 Å². The van der Waals surface area contributed by atoms with E-state index in [1.165, 1.54) is 0 Å². The Balaban J connectivity index is 1.34. The molecule has 0 saturated carbocycles. The number of nitrogens with zero attached hydrogens (tertiary/aromatic N) is 2. The second-order valence-corrected chi connectivity index (χ2v) is 6.86. The lowest BCUT2D eigenvalue weighted by atomic mass is 10.1. The van der Waals surface area contributed by atoms with Gasteiger partial charge in [0.1, 0.15) is 11.5 Å². The zero-order chi connectivity index (χ0) is 19.3. The number of rotatable bonds is 7. The van der Waals surface area contributed by atoms with E-state index in [9.17, 15) is 0 Å². The summed E-state index contributed by atoms with van der Waals surface area (Å²) in [7, 11) is 0. The number of oxazole rings is 2. The Hall–Kier alpha value is -2.96. The highest BCUT2D eigenvalue weighted by atomic mass is 35.5. The van der Waals surface area contributed by atoms with Crippen LogP contribution in [0.2, 0.25) is 10.0 Å². The Morgan fingerprint density at radius 3 is 1.54 bits per heavy atom. The molecule has 0 aliphatic carbocycles. The Morgan fingerprint density at radius 1 is 0.679 bits per heavy atom. The lowest BCUT2D eigenvalue weighted by Crippen LogP contribution is -2.08. The molecule has 2 aromatic carbocycles. The largest absolute Gasteiger partial charge is 0.427 e. The van der Waals surface area contributed by atoms with E-state index in [1.54, 1.807) is 12.4 Å². The van der Waals surface area contributed by atoms with Crippen molar-refractivity contribution in [1.82, 2.24) is 9.97 Å². The quantitative estimate of drug-likeness (QED) is 0.383. The number of halogens is 2. The van der Waals surface area contributed by atoms with E-state index in [-0.39, 0.29) is 0 Å². The summed E-state index contributed by atoms with van der Waals surface area (Å²) in [4.78, 5) is 8.35. The second kappa shape index (κ2) is 8.37. The molecule has 0 radical (unpaired) electrons. The average molecular weight is 415 g/mol. The van der Waals surface area contributed by atoms with E-state index < -0.39 is 0 Å². The minimum Gasteiger partial charge on any atom is -0.427 e.